The van der Waals surface area contributed by atoms with Crippen LogP contribution in [0.4, 0.5) is 0 Å². The molecule has 0 aliphatic heterocycles. The zero-order valence-electron chi connectivity index (χ0n) is 11.2. The van der Waals surface area contributed by atoms with Crippen LogP contribution in [0.3, 0.4) is 0 Å². The highest BCUT2D eigenvalue weighted by molar-refractivity contribution is 5.76. The third-order valence-corrected chi connectivity index (χ3v) is 3.07. The number of aromatic nitrogens is 5. The SMILES string of the molecule is Cc1[nH]nc(CCC(=O)NCCn2cncn2)c1C. The predicted octanol–water partition coefficient (Wildman–Crippen LogP) is 0.367. The number of nitrogens with zero attached hydrogens (tertiary/aromatic N) is 4. The van der Waals surface area contributed by atoms with E-state index in [-0.39, 0.29) is 5.91 Å². The van der Waals surface area contributed by atoms with Gasteiger partial charge in [-0.1, -0.05) is 0 Å². The molecule has 0 unspecified atom stereocenters. The summed E-state index contributed by atoms with van der Waals surface area (Å²) in [6.07, 6.45) is 4.21. The van der Waals surface area contributed by atoms with Gasteiger partial charge in [0.25, 0.3) is 0 Å². The molecule has 2 heterocycles. The monoisotopic (exact) mass is 262 g/mol. The molecular formula is C12H18N6O. The van der Waals surface area contributed by atoms with Crippen molar-refractivity contribution in [2.24, 2.45) is 0 Å². The maximum absolute atomic E-state index is 11.7. The highest BCUT2D eigenvalue weighted by Crippen LogP contribution is 2.10. The van der Waals surface area contributed by atoms with Gasteiger partial charge in [0.15, 0.2) is 0 Å². The zero-order valence-corrected chi connectivity index (χ0v) is 11.2. The van der Waals surface area contributed by atoms with Crippen molar-refractivity contribution in [3.63, 3.8) is 0 Å². The van der Waals surface area contributed by atoms with E-state index < -0.39 is 0 Å². The molecule has 2 aromatic heterocycles. The van der Waals surface area contributed by atoms with Crippen LogP contribution in [-0.2, 0) is 17.8 Å². The Morgan fingerprint density at radius 1 is 1.47 bits per heavy atom. The van der Waals surface area contributed by atoms with E-state index >= 15 is 0 Å². The predicted molar refractivity (Wildman–Crippen MR) is 69.4 cm³/mol. The molecular weight excluding hydrogens is 244 g/mol. The van der Waals surface area contributed by atoms with Crippen molar-refractivity contribution in [2.75, 3.05) is 6.54 Å². The summed E-state index contributed by atoms with van der Waals surface area (Å²) in [7, 11) is 0. The molecule has 19 heavy (non-hydrogen) atoms. The first-order valence-corrected chi connectivity index (χ1v) is 6.26. The van der Waals surface area contributed by atoms with E-state index in [4.69, 9.17) is 0 Å². The first-order chi connectivity index (χ1) is 9.16. The van der Waals surface area contributed by atoms with E-state index in [1.165, 1.54) is 6.33 Å². The molecule has 0 aliphatic carbocycles. The minimum Gasteiger partial charge on any atom is -0.354 e. The van der Waals surface area contributed by atoms with Crippen LogP contribution in [0, 0.1) is 13.8 Å². The number of amides is 1. The lowest BCUT2D eigenvalue weighted by Crippen LogP contribution is -2.27. The Bertz CT molecular complexity index is 530. The van der Waals surface area contributed by atoms with Gasteiger partial charge >= 0.3 is 0 Å². The van der Waals surface area contributed by atoms with Crippen LogP contribution in [-0.4, -0.2) is 37.4 Å². The molecule has 0 bridgehead atoms. The van der Waals surface area contributed by atoms with Gasteiger partial charge in [-0.25, -0.2) is 4.98 Å². The quantitative estimate of drug-likeness (QED) is 0.787. The Labute approximate surface area is 111 Å². The topological polar surface area (TPSA) is 88.5 Å². The lowest BCUT2D eigenvalue weighted by Gasteiger charge is -2.04. The van der Waals surface area contributed by atoms with Crippen molar-refractivity contribution < 1.29 is 4.79 Å². The number of carbonyl (C=O) groups excluding carboxylic acids is 1. The van der Waals surface area contributed by atoms with E-state index in [1.54, 1.807) is 11.0 Å². The van der Waals surface area contributed by atoms with Crippen molar-refractivity contribution in [1.82, 2.24) is 30.3 Å². The first kappa shape index (κ1) is 13.3. The average Bonchev–Trinajstić information content (AvgIpc) is 3.00. The molecule has 2 aromatic rings. The van der Waals surface area contributed by atoms with Crippen molar-refractivity contribution in [2.45, 2.75) is 33.2 Å². The standard InChI is InChI=1S/C12H18N6O/c1-9-10(2)16-17-11(9)3-4-12(19)14-5-6-18-8-13-7-15-18/h7-8H,3-6H2,1-2H3,(H,14,19)(H,16,17). The molecule has 0 aromatic carbocycles. The fraction of sp³-hybridized carbons (Fsp3) is 0.500. The smallest absolute Gasteiger partial charge is 0.220 e. The number of carbonyl (C=O) groups is 1. The van der Waals surface area contributed by atoms with Crippen molar-refractivity contribution >= 4 is 5.91 Å². The number of H-pyrrole nitrogens is 1. The van der Waals surface area contributed by atoms with Crippen LogP contribution in [0.1, 0.15) is 23.4 Å². The van der Waals surface area contributed by atoms with Crippen LogP contribution in [0.15, 0.2) is 12.7 Å². The average molecular weight is 262 g/mol. The molecule has 0 aliphatic rings. The molecule has 102 valence electrons. The molecule has 2 N–H and O–H groups in total. The van der Waals surface area contributed by atoms with Crippen LogP contribution >= 0.6 is 0 Å². The molecule has 1 amide bonds. The lowest BCUT2D eigenvalue weighted by atomic mass is 10.1. The third kappa shape index (κ3) is 3.64. The highest BCUT2D eigenvalue weighted by Gasteiger charge is 2.08. The summed E-state index contributed by atoms with van der Waals surface area (Å²) >= 11 is 0. The van der Waals surface area contributed by atoms with Crippen LogP contribution < -0.4 is 5.32 Å². The van der Waals surface area contributed by atoms with Crippen molar-refractivity contribution in [3.8, 4) is 0 Å². The van der Waals surface area contributed by atoms with E-state index in [2.05, 4.69) is 25.6 Å². The number of aryl methyl sites for hydroxylation is 2. The molecule has 0 atom stereocenters. The summed E-state index contributed by atoms with van der Waals surface area (Å²) in [6.45, 7) is 5.17. The van der Waals surface area contributed by atoms with Crippen LogP contribution in [0.25, 0.3) is 0 Å². The summed E-state index contributed by atoms with van der Waals surface area (Å²) in [6, 6.07) is 0. The van der Waals surface area contributed by atoms with Gasteiger partial charge in [0.05, 0.1) is 12.2 Å². The number of nitrogens with one attached hydrogen (secondary N) is 2. The molecule has 0 radical (unpaired) electrons. The van der Waals surface area contributed by atoms with Crippen molar-refractivity contribution in [1.29, 1.82) is 0 Å². The van der Waals surface area contributed by atoms with Gasteiger partial charge in [-0.05, 0) is 19.4 Å². The van der Waals surface area contributed by atoms with Crippen molar-refractivity contribution in [3.05, 3.63) is 29.6 Å². The Morgan fingerprint density at radius 3 is 2.95 bits per heavy atom. The van der Waals surface area contributed by atoms with Gasteiger partial charge in [-0.15, -0.1) is 0 Å². The van der Waals surface area contributed by atoms with Crippen LogP contribution in [0.2, 0.25) is 0 Å². The van der Waals surface area contributed by atoms with E-state index in [1.807, 2.05) is 13.8 Å². The Hall–Kier alpha value is -2.18. The van der Waals surface area contributed by atoms with Gasteiger partial charge in [-0.2, -0.15) is 10.2 Å². The molecule has 2 rings (SSSR count). The van der Waals surface area contributed by atoms with Gasteiger partial charge in [-0.3, -0.25) is 14.6 Å². The lowest BCUT2D eigenvalue weighted by molar-refractivity contribution is -0.121. The third-order valence-electron chi connectivity index (χ3n) is 3.07. The van der Waals surface area contributed by atoms with Gasteiger partial charge < -0.3 is 5.32 Å². The molecule has 7 heteroatoms. The van der Waals surface area contributed by atoms with E-state index in [0.29, 0.717) is 25.9 Å². The second-order valence-corrected chi connectivity index (χ2v) is 4.43. The zero-order chi connectivity index (χ0) is 13.7. The summed E-state index contributed by atoms with van der Waals surface area (Å²) in [5, 5.41) is 13.9. The number of aromatic amines is 1. The van der Waals surface area contributed by atoms with E-state index in [0.717, 1.165) is 17.0 Å². The maximum atomic E-state index is 11.7. The molecule has 7 nitrogen and oxygen atoms in total. The van der Waals surface area contributed by atoms with Gasteiger partial charge in [0.2, 0.25) is 5.91 Å². The van der Waals surface area contributed by atoms with Gasteiger partial charge in [0, 0.05) is 25.1 Å². The normalized spacial score (nSPS) is 10.6. The summed E-state index contributed by atoms with van der Waals surface area (Å²) < 4.78 is 1.68. The van der Waals surface area contributed by atoms with Gasteiger partial charge in [0.1, 0.15) is 12.7 Å². The second-order valence-electron chi connectivity index (χ2n) is 4.43. The number of rotatable bonds is 6. The summed E-state index contributed by atoms with van der Waals surface area (Å²) in [4.78, 5) is 15.5. The number of hydrogen-bond acceptors (Lipinski definition) is 4. The van der Waals surface area contributed by atoms with Crippen LogP contribution in [0.5, 0.6) is 0 Å². The number of hydrogen-bond donors (Lipinski definition) is 2. The fourth-order valence-corrected chi connectivity index (χ4v) is 1.76. The Kier molecular flexibility index (Phi) is 4.27. The molecule has 0 saturated heterocycles. The second kappa shape index (κ2) is 6.12. The van der Waals surface area contributed by atoms with E-state index in [9.17, 15) is 4.79 Å². The molecule has 0 fully saturated rings. The first-order valence-electron chi connectivity index (χ1n) is 6.26. The largest absolute Gasteiger partial charge is 0.354 e. The minimum atomic E-state index is 0.0279. The molecule has 0 saturated carbocycles. The minimum absolute atomic E-state index is 0.0279. The molecule has 0 spiro atoms. The Balaban J connectivity index is 1.68. The summed E-state index contributed by atoms with van der Waals surface area (Å²) in [5.74, 6) is 0.0279. The highest BCUT2D eigenvalue weighted by atomic mass is 16.1. The maximum Gasteiger partial charge on any atom is 0.220 e. The Morgan fingerprint density at radius 2 is 2.32 bits per heavy atom. The summed E-state index contributed by atoms with van der Waals surface area (Å²) in [5.41, 5.74) is 3.15. The fourth-order valence-electron chi connectivity index (χ4n) is 1.76.